The first-order valence-corrected chi connectivity index (χ1v) is 6.71. The minimum absolute atomic E-state index is 0.491. The molecule has 0 bridgehead atoms. The van der Waals surface area contributed by atoms with Crippen molar-refractivity contribution in [3.05, 3.63) is 30.2 Å². The Balaban J connectivity index is 2.09. The van der Waals surface area contributed by atoms with Crippen molar-refractivity contribution in [2.45, 2.75) is 33.3 Å². The van der Waals surface area contributed by atoms with Gasteiger partial charge in [-0.25, -0.2) is 4.79 Å². The van der Waals surface area contributed by atoms with E-state index in [-0.39, 0.29) is 0 Å². The Morgan fingerprint density at radius 2 is 2.00 bits per heavy atom. The number of rotatable bonds is 2. The maximum atomic E-state index is 11.7. The molecule has 1 N–H and O–H groups in total. The van der Waals surface area contributed by atoms with Gasteiger partial charge in [-0.1, -0.05) is 0 Å². The van der Waals surface area contributed by atoms with E-state index in [9.17, 15) is 4.79 Å². The third-order valence-corrected chi connectivity index (χ3v) is 2.92. The van der Waals surface area contributed by atoms with E-state index in [0.29, 0.717) is 5.69 Å². The molecule has 0 fully saturated rings. The Labute approximate surface area is 124 Å². The fourth-order valence-electron chi connectivity index (χ4n) is 1.80. The van der Waals surface area contributed by atoms with Crippen molar-refractivity contribution in [3.63, 3.8) is 0 Å². The summed E-state index contributed by atoms with van der Waals surface area (Å²) in [6.07, 6.45) is 2.89. The first-order valence-electron chi connectivity index (χ1n) is 6.71. The minimum atomic E-state index is -0.524. The highest BCUT2D eigenvalue weighted by Gasteiger charge is 2.16. The number of carbonyl (C=O) groups excluding carboxylic acids is 1. The molecule has 0 saturated carbocycles. The van der Waals surface area contributed by atoms with Crippen molar-refractivity contribution in [2.75, 3.05) is 5.32 Å². The number of nitrogens with zero attached hydrogens (tertiary/aromatic N) is 3. The van der Waals surface area contributed by atoms with Gasteiger partial charge in [0.15, 0.2) is 0 Å². The average Bonchev–Trinajstić information content (AvgIpc) is 2.69. The summed E-state index contributed by atoms with van der Waals surface area (Å²) >= 11 is 0. The Hall–Kier alpha value is -2.37. The molecular weight excluding hydrogens is 268 g/mol. The number of hydrogen-bond donors (Lipinski definition) is 1. The lowest BCUT2D eigenvalue weighted by atomic mass is 10.2. The van der Waals surface area contributed by atoms with E-state index in [2.05, 4.69) is 15.4 Å². The van der Waals surface area contributed by atoms with Crippen LogP contribution in [0.5, 0.6) is 0 Å². The van der Waals surface area contributed by atoms with Crippen LogP contribution >= 0.6 is 0 Å². The van der Waals surface area contributed by atoms with Gasteiger partial charge in [-0.15, -0.1) is 0 Å². The van der Waals surface area contributed by atoms with Gasteiger partial charge < -0.3 is 4.74 Å². The summed E-state index contributed by atoms with van der Waals surface area (Å²) in [7, 11) is 1.89. The lowest BCUT2D eigenvalue weighted by molar-refractivity contribution is 0.0636. The van der Waals surface area contributed by atoms with Crippen molar-refractivity contribution in [1.29, 1.82) is 0 Å². The maximum Gasteiger partial charge on any atom is 0.412 e. The fraction of sp³-hybridized carbons (Fsp3) is 0.400. The molecule has 0 aliphatic heterocycles. The normalized spacial score (nSPS) is 11.3. The lowest BCUT2D eigenvalue weighted by Crippen LogP contribution is -2.27. The molecule has 0 unspecified atom stereocenters. The fourth-order valence-corrected chi connectivity index (χ4v) is 1.80. The van der Waals surface area contributed by atoms with E-state index in [0.717, 1.165) is 17.0 Å². The topological polar surface area (TPSA) is 69.0 Å². The molecular formula is C15H20N4O2. The van der Waals surface area contributed by atoms with Crippen molar-refractivity contribution >= 4 is 11.8 Å². The maximum absolute atomic E-state index is 11.7. The summed E-state index contributed by atoms with van der Waals surface area (Å²) in [5.41, 5.74) is 2.89. The molecule has 2 aromatic heterocycles. The molecule has 0 saturated heterocycles. The molecule has 2 rings (SSSR count). The highest BCUT2D eigenvalue weighted by atomic mass is 16.6. The molecule has 21 heavy (non-hydrogen) atoms. The summed E-state index contributed by atoms with van der Waals surface area (Å²) < 4.78 is 6.98. The molecule has 0 aliphatic rings. The van der Waals surface area contributed by atoms with Crippen LogP contribution in [0.4, 0.5) is 10.5 Å². The van der Waals surface area contributed by atoms with Gasteiger partial charge in [-0.3, -0.25) is 15.0 Å². The number of amides is 1. The molecule has 0 aromatic carbocycles. The van der Waals surface area contributed by atoms with Crippen LogP contribution in [0.1, 0.15) is 26.5 Å². The van der Waals surface area contributed by atoms with Crippen LogP contribution < -0.4 is 5.32 Å². The number of nitrogens with one attached hydrogen (secondary N) is 1. The van der Waals surface area contributed by atoms with E-state index in [1.165, 1.54) is 0 Å². The highest BCUT2D eigenvalue weighted by molar-refractivity contribution is 5.84. The molecule has 112 valence electrons. The van der Waals surface area contributed by atoms with E-state index in [4.69, 9.17) is 4.74 Å². The van der Waals surface area contributed by atoms with Crippen molar-refractivity contribution in [3.8, 4) is 11.3 Å². The molecule has 2 aromatic rings. The summed E-state index contributed by atoms with van der Waals surface area (Å²) in [6.45, 7) is 7.44. The van der Waals surface area contributed by atoms with E-state index >= 15 is 0 Å². The molecule has 0 spiro atoms. The second kappa shape index (κ2) is 5.55. The third kappa shape index (κ3) is 3.81. The van der Waals surface area contributed by atoms with Crippen LogP contribution in [0.25, 0.3) is 11.3 Å². The number of ether oxygens (including phenoxy) is 1. The molecule has 0 aliphatic carbocycles. The number of aromatic nitrogens is 3. The van der Waals surface area contributed by atoms with Gasteiger partial charge in [-0.2, -0.15) is 5.10 Å². The number of anilines is 1. The summed E-state index contributed by atoms with van der Waals surface area (Å²) in [5, 5.41) is 6.84. The Kier molecular flexibility index (Phi) is 3.97. The van der Waals surface area contributed by atoms with Crippen molar-refractivity contribution < 1.29 is 9.53 Å². The van der Waals surface area contributed by atoms with E-state index in [1.807, 2.05) is 40.8 Å². The molecule has 0 atom stereocenters. The highest BCUT2D eigenvalue weighted by Crippen LogP contribution is 2.21. The van der Waals surface area contributed by atoms with Crippen LogP contribution in [0.3, 0.4) is 0 Å². The van der Waals surface area contributed by atoms with Gasteiger partial charge >= 0.3 is 6.09 Å². The zero-order chi connectivity index (χ0) is 15.6. The smallest absolute Gasteiger partial charge is 0.412 e. The number of carbonyl (C=O) groups is 1. The van der Waals surface area contributed by atoms with Crippen molar-refractivity contribution in [1.82, 2.24) is 14.8 Å². The quantitative estimate of drug-likeness (QED) is 0.921. The van der Waals surface area contributed by atoms with Crippen LogP contribution in [0, 0.1) is 6.92 Å². The van der Waals surface area contributed by atoms with Gasteiger partial charge in [0.2, 0.25) is 0 Å². The van der Waals surface area contributed by atoms with E-state index in [1.54, 1.807) is 23.1 Å². The zero-order valence-corrected chi connectivity index (χ0v) is 13.0. The Morgan fingerprint density at radius 1 is 1.29 bits per heavy atom. The SMILES string of the molecule is Cc1c(-c2ccc(NC(=O)OC(C)(C)C)cn2)cnn1C. The largest absolute Gasteiger partial charge is 0.444 e. The summed E-state index contributed by atoms with van der Waals surface area (Å²) in [5.74, 6) is 0. The lowest BCUT2D eigenvalue weighted by Gasteiger charge is -2.19. The van der Waals surface area contributed by atoms with Crippen LogP contribution in [-0.4, -0.2) is 26.5 Å². The van der Waals surface area contributed by atoms with Gasteiger partial charge in [-0.05, 0) is 39.8 Å². The molecule has 6 heteroatoms. The number of aryl methyl sites for hydroxylation is 1. The molecule has 1 amide bonds. The Morgan fingerprint density at radius 3 is 2.48 bits per heavy atom. The predicted octanol–water partition coefficient (Wildman–Crippen LogP) is 3.14. The van der Waals surface area contributed by atoms with Crippen LogP contribution in [0.2, 0.25) is 0 Å². The van der Waals surface area contributed by atoms with E-state index < -0.39 is 11.7 Å². The third-order valence-electron chi connectivity index (χ3n) is 2.92. The predicted molar refractivity (Wildman–Crippen MR) is 81.0 cm³/mol. The first kappa shape index (κ1) is 15.0. The minimum Gasteiger partial charge on any atom is -0.444 e. The average molecular weight is 288 g/mol. The second-order valence-corrected chi connectivity index (χ2v) is 5.83. The van der Waals surface area contributed by atoms with Crippen LogP contribution in [-0.2, 0) is 11.8 Å². The molecule has 2 heterocycles. The van der Waals surface area contributed by atoms with Gasteiger partial charge in [0.25, 0.3) is 0 Å². The summed E-state index contributed by atoms with van der Waals surface area (Å²) in [4.78, 5) is 16.0. The molecule has 6 nitrogen and oxygen atoms in total. The zero-order valence-electron chi connectivity index (χ0n) is 13.0. The first-order chi connectivity index (χ1) is 9.76. The standard InChI is InChI=1S/C15H20N4O2/c1-10-12(9-17-19(10)5)13-7-6-11(8-16-13)18-14(20)21-15(2,3)4/h6-9H,1-5H3,(H,18,20). The molecule has 0 radical (unpaired) electrons. The number of hydrogen-bond acceptors (Lipinski definition) is 4. The van der Waals surface area contributed by atoms with Gasteiger partial charge in [0.05, 0.1) is 23.8 Å². The second-order valence-electron chi connectivity index (χ2n) is 5.83. The van der Waals surface area contributed by atoms with Gasteiger partial charge in [0, 0.05) is 18.3 Å². The number of pyridine rings is 1. The van der Waals surface area contributed by atoms with Gasteiger partial charge in [0.1, 0.15) is 5.60 Å². The summed E-state index contributed by atoms with van der Waals surface area (Å²) in [6, 6.07) is 3.63. The van der Waals surface area contributed by atoms with Crippen molar-refractivity contribution in [2.24, 2.45) is 7.05 Å². The van der Waals surface area contributed by atoms with Crippen LogP contribution in [0.15, 0.2) is 24.5 Å². The monoisotopic (exact) mass is 288 g/mol. The Bertz CT molecular complexity index is 639.